The maximum absolute atomic E-state index is 11.6. The first-order chi connectivity index (χ1) is 11.8. The zero-order valence-electron chi connectivity index (χ0n) is 13.9. The molecular formula is C17H18BrN3O3S. The van der Waals surface area contributed by atoms with Crippen LogP contribution in [0, 0.1) is 0 Å². The summed E-state index contributed by atoms with van der Waals surface area (Å²) >= 11 is 3.49. The van der Waals surface area contributed by atoms with Gasteiger partial charge in [0.15, 0.2) is 0 Å². The number of aromatic nitrogens is 2. The molecule has 0 unspecified atom stereocenters. The van der Waals surface area contributed by atoms with E-state index in [0.717, 1.165) is 40.1 Å². The minimum Gasteiger partial charge on any atom is -0.496 e. The smallest absolute Gasteiger partial charge is 0.238 e. The van der Waals surface area contributed by atoms with E-state index >= 15 is 0 Å². The Kier molecular flexibility index (Phi) is 4.86. The van der Waals surface area contributed by atoms with Crippen molar-refractivity contribution in [2.75, 3.05) is 7.11 Å². The third kappa shape index (κ3) is 3.42. The predicted octanol–water partition coefficient (Wildman–Crippen LogP) is 3.53. The molecule has 0 saturated carbocycles. The van der Waals surface area contributed by atoms with Crippen LogP contribution in [-0.4, -0.2) is 25.1 Å². The zero-order chi connectivity index (χ0) is 18.2. The second kappa shape index (κ2) is 6.78. The zero-order valence-corrected chi connectivity index (χ0v) is 16.3. The van der Waals surface area contributed by atoms with Crippen LogP contribution in [0.5, 0.6) is 5.75 Å². The van der Waals surface area contributed by atoms with Crippen LogP contribution in [0.1, 0.15) is 13.3 Å². The molecule has 0 saturated heterocycles. The van der Waals surface area contributed by atoms with E-state index in [-0.39, 0.29) is 4.90 Å². The fourth-order valence-corrected chi connectivity index (χ4v) is 3.84. The number of nitrogens with two attached hydrogens (primary N) is 1. The van der Waals surface area contributed by atoms with E-state index in [1.54, 1.807) is 13.2 Å². The molecule has 1 heterocycles. The van der Waals surface area contributed by atoms with Gasteiger partial charge in [-0.15, -0.1) is 0 Å². The number of hydrogen-bond acceptors (Lipinski definition) is 4. The topological polar surface area (TPSA) is 87.2 Å². The number of ether oxygens (including phenoxy) is 1. The standard InChI is InChI=1S/C17H18BrN3O3S/c1-3-8-21-15-6-5-12(25(19,22)23)10-14(15)20-17(21)11-4-7-16(24-2)13(18)9-11/h4-7,9-10H,3,8H2,1-2H3,(H2,19,22,23). The summed E-state index contributed by atoms with van der Waals surface area (Å²) < 4.78 is 31.4. The molecule has 0 atom stereocenters. The first-order valence-electron chi connectivity index (χ1n) is 7.72. The minimum atomic E-state index is -3.76. The lowest BCUT2D eigenvalue weighted by atomic mass is 10.2. The number of rotatable bonds is 5. The lowest BCUT2D eigenvalue weighted by molar-refractivity contribution is 0.412. The molecule has 0 bridgehead atoms. The van der Waals surface area contributed by atoms with Gasteiger partial charge in [0.05, 0.1) is 27.5 Å². The van der Waals surface area contributed by atoms with Gasteiger partial charge in [0, 0.05) is 12.1 Å². The summed E-state index contributed by atoms with van der Waals surface area (Å²) in [5, 5.41) is 5.23. The number of fused-ring (bicyclic) bond motifs is 1. The Bertz CT molecular complexity index is 1040. The van der Waals surface area contributed by atoms with Crippen molar-refractivity contribution in [3.63, 3.8) is 0 Å². The molecule has 0 fully saturated rings. The summed E-state index contributed by atoms with van der Waals surface area (Å²) in [4.78, 5) is 4.71. The number of imidazole rings is 1. The highest BCUT2D eigenvalue weighted by molar-refractivity contribution is 9.10. The molecule has 0 aliphatic heterocycles. The van der Waals surface area contributed by atoms with Gasteiger partial charge in [-0.1, -0.05) is 6.92 Å². The highest BCUT2D eigenvalue weighted by Gasteiger charge is 2.16. The van der Waals surface area contributed by atoms with Gasteiger partial charge in [-0.25, -0.2) is 18.5 Å². The summed E-state index contributed by atoms with van der Waals surface area (Å²) in [6, 6.07) is 10.5. The van der Waals surface area contributed by atoms with E-state index in [1.807, 2.05) is 18.2 Å². The van der Waals surface area contributed by atoms with Gasteiger partial charge in [-0.2, -0.15) is 0 Å². The van der Waals surface area contributed by atoms with E-state index in [9.17, 15) is 8.42 Å². The van der Waals surface area contributed by atoms with Crippen LogP contribution in [0.4, 0.5) is 0 Å². The first-order valence-corrected chi connectivity index (χ1v) is 10.1. The molecule has 0 aliphatic rings. The number of methoxy groups -OCH3 is 1. The average Bonchev–Trinajstić information content (AvgIpc) is 2.92. The molecule has 0 aliphatic carbocycles. The third-order valence-corrected chi connectivity index (χ3v) is 5.44. The van der Waals surface area contributed by atoms with E-state index in [4.69, 9.17) is 9.88 Å². The van der Waals surface area contributed by atoms with E-state index in [0.29, 0.717) is 5.52 Å². The van der Waals surface area contributed by atoms with Crippen LogP contribution < -0.4 is 9.88 Å². The molecule has 1 aromatic heterocycles. The number of primary sulfonamides is 1. The molecule has 0 amide bonds. The van der Waals surface area contributed by atoms with Crippen LogP contribution in [0.2, 0.25) is 0 Å². The van der Waals surface area contributed by atoms with Crippen molar-refractivity contribution in [1.82, 2.24) is 9.55 Å². The molecule has 2 N–H and O–H groups in total. The van der Waals surface area contributed by atoms with Crippen LogP contribution in [0.25, 0.3) is 22.4 Å². The van der Waals surface area contributed by atoms with Gasteiger partial charge in [0.2, 0.25) is 10.0 Å². The quantitative estimate of drug-likeness (QED) is 0.679. The fourth-order valence-electron chi connectivity index (χ4n) is 2.76. The molecule has 3 aromatic rings. The van der Waals surface area contributed by atoms with Crippen LogP contribution in [-0.2, 0) is 16.6 Å². The number of benzene rings is 2. The lowest BCUT2D eigenvalue weighted by Crippen LogP contribution is -2.11. The van der Waals surface area contributed by atoms with Crippen molar-refractivity contribution in [3.05, 3.63) is 40.9 Å². The minimum absolute atomic E-state index is 0.0589. The van der Waals surface area contributed by atoms with Crippen molar-refractivity contribution in [1.29, 1.82) is 0 Å². The third-order valence-electron chi connectivity index (χ3n) is 3.91. The summed E-state index contributed by atoms with van der Waals surface area (Å²) in [6.07, 6.45) is 0.923. The summed E-state index contributed by atoms with van der Waals surface area (Å²) in [6.45, 7) is 2.85. The Hall–Kier alpha value is -1.90. The molecule has 0 spiro atoms. The van der Waals surface area contributed by atoms with Gasteiger partial charge in [-0.05, 0) is 58.7 Å². The van der Waals surface area contributed by atoms with Gasteiger partial charge in [0.1, 0.15) is 11.6 Å². The van der Waals surface area contributed by atoms with Crippen LogP contribution in [0.15, 0.2) is 45.8 Å². The fraction of sp³-hybridized carbons (Fsp3) is 0.235. The maximum Gasteiger partial charge on any atom is 0.238 e. The number of halogens is 1. The van der Waals surface area contributed by atoms with E-state index in [1.165, 1.54) is 12.1 Å². The molecule has 8 heteroatoms. The van der Waals surface area contributed by atoms with E-state index in [2.05, 4.69) is 32.4 Å². The summed E-state index contributed by atoms with van der Waals surface area (Å²) in [7, 11) is -2.15. The normalized spacial score (nSPS) is 11.8. The summed E-state index contributed by atoms with van der Waals surface area (Å²) in [5.41, 5.74) is 2.38. The maximum atomic E-state index is 11.6. The Balaban J connectivity index is 2.23. The van der Waals surface area contributed by atoms with Gasteiger partial charge in [0.25, 0.3) is 0 Å². The Morgan fingerprint density at radius 2 is 2.00 bits per heavy atom. The second-order valence-electron chi connectivity index (χ2n) is 5.63. The highest BCUT2D eigenvalue weighted by Crippen LogP contribution is 2.32. The van der Waals surface area contributed by atoms with Gasteiger partial charge < -0.3 is 9.30 Å². The molecule has 132 valence electrons. The van der Waals surface area contributed by atoms with Crippen molar-refractivity contribution in [3.8, 4) is 17.1 Å². The van der Waals surface area contributed by atoms with Gasteiger partial charge in [-0.3, -0.25) is 0 Å². The monoisotopic (exact) mass is 423 g/mol. The van der Waals surface area contributed by atoms with Crippen LogP contribution in [0.3, 0.4) is 0 Å². The molecule has 6 nitrogen and oxygen atoms in total. The number of hydrogen-bond donors (Lipinski definition) is 1. The van der Waals surface area contributed by atoms with Crippen molar-refractivity contribution in [2.45, 2.75) is 24.8 Å². The number of nitrogens with zero attached hydrogens (tertiary/aromatic N) is 2. The molecule has 25 heavy (non-hydrogen) atoms. The average molecular weight is 424 g/mol. The molecule has 0 radical (unpaired) electrons. The van der Waals surface area contributed by atoms with E-state index < -0.39 is 10.0 Å². The number of sulfonamides is 1. The van der Waals surface area contributed by atoms with Crippen molar-refractivity contribution in [2.24, 2.45) is 5.14 Å². The Labute approximate surface area is 154 Å². The first kappa shape index (κ1) is 17.9. The van der Waals surface area contributed by atoms with Crippen LogP contribution >= 0.6 is 15.9 Å². The van der Waals surface area contributed by atoms with Gasteiger partial charge >= 0.3 is 0 Å². The number of aryl methyl sites for hydroxylation is 1. The van der Waals surface area contributed by atoms with Crippen molar-refractivity contribution < 1.29 is 13.2 Å². The van der Waals surface area contributed by atoms with Crippen molar-refractivity contribution >= 4 is 37.0 Å². The Morgan fingerprint density at radius 1 is 1.24 bits per heavy atom. The largest absolute Gasteiger partial charge is 0.496 e. The molecular weight excluding hydrogens is 406 g/mol. The molecule has 2 aromatic carbocycles. The second-order valence-corrected chi connectivity index (χ2v) is 8.05. The Morgan fingerprint density at radius 3 is 2.60 bits per heavy atom. The lowest BCUT2D eigenvalue weighted by Gasteiger charge is -2.10. The SMILES string of the molecule is CCCn1c(-c2ccc(OC)c(Br)c2)nc2cc(S(N)(=O)=O)ccc21. The predicted molar refractivity (Wildman–Crippen MR) is 101 cm³/mol. The molecule has 3 rings (SSSR count). The summed E-state index contributed by atoms with van der Waals surface area (Å²) in [5.74, 6) is 1.50. The highest BCUT2D eigenvalue weighted by atomic mass is 79.9.